The first-order valence-corrected chi connectivity index (χ1v) is 13.2. The molecule has 0 bridgehead atoms. The van der Waals surface area contributed by atoms with Gasteiger partial charge in [-0.05, 0) is 30.7 Å². The van der Waals surface area contributed by atoms with Crippen LogP contribution >= 0.6 is 11.3 Å². The minimum absolute atomic E-state index is 0.0356. The molecule has 0 fully saturated rings. The highest BCUT2D eigenvalue weighted by molar-refractivity contribution is 7.16. The standard InChI is InChI=1S/C19H17F2N3O3S.C3H6O.3C2H6/c1-3-26-6-7-27-24-19(25)12-9-15-18(22-10-28-15)16(21)17(12)23-14-5-4-11(2)8-13(14)20;1-3-4-2;3*1-2/h3-5,8-10,23H,1,6-7H2,2H3,(H,24,25);3H,1H2,2H3;3*1-2H3. The molecule has 0 aliphatic carbocycles. The topological polar surface area (TPSA) is 81.7 Å². The average Bonchev–Trinajstić information content (AvgIpc) is 3.44. The van der Waals surface area contributed by atoms with Crippen molar-refractivity contribution in [1.29, 1.82) is 0 Å². The van der Waals surface area contributed by atoms with Crippen LogP contribution < -0.4 is 10.8 Å². The SMILES string of the molecule is C=COC.C=COCCONC(=O)c1cc2scnc2c(F)c1Nc1ccc(C)cc1F.CC.CC.CC. The molecule has 1 heterocycles. The van der Waals surface area contributed by atoms with Gasteiger partial charge in [-0.1, -0.05) is 60.8 Å². The van der Waals surface area contributed by atoms with Gasteiger partial charge >= 0.3 is 0 Å². The van der Waals surface area contributed by atoms with E-state index in [0.717, 1.165) is 0 Å². The van der Waals surface area contributed by atoms with Gasteiger partial charge in [-0.3, -0.25) is 9.63 Å². The van der Waals surface area contributed by atoms with Crippen LogP contribution in [0.4, 0.5) is 20.2 Å². The van der Waals surface area contributed by atoms with Crippen LogP contribution in [-0.2, 0) is 14.3 Å². The number of amides is 1. The summed E-state index contributed by atoms with van der Waals surface area (Å²) >= 11 is 1.18. The van der Waals surface area contributed by atoms with E-state index in [9.17, 15) is 9.18 Å². The van der Waals surface area contributed by atoms with Crippen LogP contribution in [0.3, 0.4) is 0 Å². The summed E-state index contributed by atoms with van der Waals surface area (Å²) in [5, 5.41) is 2.67. The van der Waals surface area contributed by atoms with E-state index in [1.807, 2.05) is 41.5 Å². The number of hydrogen-bond donors (Lipinski definition) is 2. The number of nitrogens with one attached hydrogen (secondary N) is 2. The maximum absolute atomic E-state index is 15.0. The fraction of sp³-hybridized carbons (Fsp3) is 0.357. The van der Waals surface area contributed by atoms with E-state index in [0.29, 0.717) is 10.3 Å². The van der Waals surface area contributed by atoms with E-state index in [-0.39, 0.29) is 35.7 Å². The molecule has 0 spiro atoms. The Kier molecular flexibility index (Phi) is 21.9. The van der Waals surface area contributed by atoms with Crippen molar-refractivity contribution in [3.63, 3.8) is 0 Å². The highest BCUT2D eigenvalue weighted by Gasteiger charge is 2.21. The van der Waals surface area contributed by atoms with Crippen molar-refractivity contribution < 1.29 is 27.9 Å². The maximum Gasteiger partial charge on any atom is 0.277 e. The zero-order valence-corrected chi connectivity index (χ0v) is 24.4. The Bertz CT molecular complexity index is 1090. The molecule has 0 aliphatic heterocycles. The Morgan fingerprint density at radius 1 is 1.05 bits per heavy atom. The number of hydrogen-bond acceptors (Lipinski definition) is 7. The van der Waals surface area contributed by atoms with Crippen molar-refractivity contribution in [3.8, 4) is 0 Å². The maximum atomic E-state index is 15.0. The summed E-state index contributed by atoms with van der Waals surface area (Å²) in [4.78, 5) is 21.5. The summed E-state index contributed by atoms with van der Waals surface area (Å²) < 4.78 is 38.9. The quantitative estimate of drug-likeness (QED) is 0.158. The van der Waals surface area contributed by atoms with Crippen LogP contribution in [0.5, 0.6) is 0 Å². The number of anilines is 2. The second-order valence-electron chi connectivity index (χ2n) is 6.14. The lowest BCUT2D eigenvalue weighted by Crippen LogP contribution is -2.26. The number of hydroxylamine groups is 1. The molecule has 0 saturated carbocycles. The largest absolute Gasteiger partial charge is 0.505 e. The first-order chi connectivity index (χ1) is 18.4. The van der Waals surface area contributed by atoms with Crippen molar-refractivity contribution in [1.82, 2.24) is 10.5 Å². The van der Waals surface area contributed by atoms with Crippen LogP contribution in [0.1, 0.15) is 57.5 Å². The smallest absolute Gasteiger partial charge is 0.277 e. The van der Waals surface area contributed by atoms with Gasteiger partial charge in [0.1, 0.15) is 24.5 Å². The van der Waals surface area contributed by atoms with E-state index < -0.39 is 17.5 Å². The lowest BCUT2D eigenvalue weighted by atomic mass is 10.1. The Balaban J connectivity index is 0. The minimum atomic E-state index is -0.751. The normalized spacial score (nSPS) is 8.89. The van der Waals surface area contributed by atoms with E-state index in [2.05, 4.69) is 33.7 Å². The van der Waals surface area contributed by atoms with Gasteiger partial charge in [0.05, 0.1) is 46.8 Å². The molecule has 7 nitrogen and oxygen atoms in total. The monoisotopic (exact) mass is 553 g/mol. The second-order valence-corrected chi connectivity index (χ2v) is 7.03. The van der Waals surface area contributed by atoms with Crippen molar-refractivity contribution in [2.45, 2.75) is 48.5 Å². The summed E-state index contributed by atoms with van der Waals surface area (Å²) in [5.41, 5.74) is 4.30. The molecule has 38 heavy (non-hydrogen) atoms. The van der Waals surface area contributed by atoms with Crippen molar-refractivity contribution >= 4 is 38.8 Å². The first kappa shape index (κ1) is 36.7. The molecular weight excluding hydrogens is 512 g/mol. The van der Waals surface area contributed by atoms with Crippen LogP contribution in [0.15, 0.2) is 55.5 Å². The van der Waals surface area contributed by atoms with Crippen LogP contribution in [0.2, 0.25) is 0 Å². The fourth-order valence-electron chi connectivity index (χ4n) is 2.46. The Hall–Kier alpha value is -3.50. The van der Waals surface area contributed by atoms with Gasteiger partial charge in [-0.2, -0.15) is 0 Å². The number of ether oxygens (including phenoxy) is 2. The molecule has 0 saturated heterocycles. The summed E-state index contributed by atoms with van der Waals surface area (Å²) in [6.45, 7) is 20.6. The zero-order valence-electron chi connectivity index (χ0n) is 23.6. The van der Waals surface area contributed by atoms with Crippen LogP contribution in [0.25, 0.3) is 10.2 Å². The number of aromatic nitrogens is 1. The van der Waals surface area contributed by atoms with Crippen LogP contribution in [-0.4, -0.2) is 31.2 Å². The summed E-state index contributed by atoms with van der Waals surface area (Å²) in [5.74, 6) is -2.01. The predicted octanol–water partition coefficient (Wildman–Crippen LogP) is 8.30. The highest BCUT2D eigenvalue weighted by Crippen LogP contribution is 2.33. The molecule has 1 aromatic heterocycles. The molecule has 0 atom stereocenters. The van der Waals surface area contributed by atoms with Gasteiger partial charge in [0.25, 0.3) is 5.91 Å². The Morgan fingerprint density at radius 3 is 2.24 bits per heavy atom. The molecule has 1 amide bonds. The minimum Gasteiger partial charge on any atom is -0.505 e. The van der Waals surface area contributed by atoms with E-state index in [4.69, 9.17) is 9.57 Å². The first-order valence-electron chi connectivity index (χ1n) is 12.3. The molecule has 10 heteroatoms. The summed E-state index contributed by atoms with van der Waals surface area (Å²) in [6, 6.07) is 5.93. The number of methoxy groups -OCH3 is 1. The molecule has 3 rings (SSSR count). The van der Waals surface area contributed by atoms with Crippen molar-refractivity contribution in [3.05, 3.63) is 78.2 Å². The third-order valence-corrected chi connectivity index (χ3v) is 4.72. The number of benzene rings is 2. The number of carbonyl (C=O) groups is 1. The molecular formula is C28H41F2N3O4S. The molecule has 0 radical (unpaired) electrons. The molecule has 212 valence electrons. The zero-order chi connectivity index (χ0) is 29.5. The van der Waals surface area contributed by atoms with Gasteiger partial charge in [0, 0.05) is 0 Å². The van der Waals surface area contributed by atoms with Gasteiger partial charge < -0.3 is 14.8 Å². The molecule has 2 N–H and O–H groups in total. The predicted molar refractivity (Wildman–Crippen MR) is 155 cm³/mol. The number of rotatable bonds is 9. The Labute approximate surface area is 229 Å². The highest BCUT2D eigenvalue weighted by atomic mass is 32.1. The van der Waals surface area contributed by atoms with Crippen LogP contribution in [0, 0.1) is 18.6 Å². The lowest BCUT2D eigenvalue weighted by Gasteiger charge is -2.14. The fourth-order valence-corrected chi connectivity index (χ4v) is 3.18. The number of nitrogens with zero attached hydrogens (tertiary/aromatic N) is 1. The molecule has 0 unspecified atom stereocenters. The number of carbonyl (C=O) groups excluding carboxylic acids is 1. The summed E-state index contributed by atoms with van der Waals surface area (Å²) in [6.07, 6.45) is 2.62. The third kappa shape index (κ3) is 12.2. The van der Waals surface area contributed by atoms with E-state index >= 15 is 4.39 Å². The number of thiazole rings is 1. The van der Waals surface area contributed by atoms with Gasteiger partial charge in [-0.25, -0.2) is 19.2 Å². The van der Waals surface area contributed by atoms with Gasteiger partial charge in [0.15, 0.2) is 5.82 Å². The number of halogens is 2. The van der Waals surface area contributed by atoms with Crippen molar-refractivity contribution in [2.75, 3.05) is 25.6 Å². The third-order valence-electron chi connectivity index (χ3n) is 3.95. The lowest BCUT2D eigenvalue weighted by molar-refractivity contribution is 0.0145. The van der Waals surface area contributed by atoms with Crippen molar-refractivity contribution in [2.24, 2.45) is 0 Å². The number of aryl methyl sites for hydroxylation is 1. The average molecular weight is 554 g/mol. The van der Waals surface area contributed by atoms with E-state index in [1.165, 1.54) is 47.6 Å². The molecule has 0 aliphatic rings. The Morgan fingerprint density at radius 2 is 1.68 bits per heavy atom. The molecule has 2 aromatic carbocycles. The van der Waals surface area contributed by atoms with Gasteiger partial charge in [0.2, 0.25) is 0 Å². The summed E-state index contributed by atoms with van der Waals surface area (Å²) in [7, 11) is 1.56. The van der Waals surface area contributed by atoms with Gasteiger partial charge in [-0.15, -0.1) is 11.3 Å². The number of fused-ring (bicyclic) bond motifs is 1. The molecule has 3 aromatic rings. The van der Waals surface area contributed by atoms with E-state index in [1.54, 1.807) is 20.1 Å². The second kappa shape index (κ2) is 22.7.